The molecule has 1 aliphatic carbocycles. The van der Waals surface area contributed by atoms with Crippen LogP contribution in [0.1, 0.15) is 25.3 Å². The largest absolute Gasteiger partial charge is 0.375 e. The molecular formula is C14H17NO. The molecule has 2 rings (SSSR count). The highest BCUT2D eigenvalue weighted by Crippen LogP contribution is 2.45. The standard InChI is InChI=1S/C14H17NO/c1-12-7-14(8-12,10-15)11-16-9-13-5-3-2-4-6-13/h2-6,12H,7-9,11H2,1H3. The lowest BCUT2D eigenvalue weighted by molar-refractivity contribution is -0.00353. The number of benzene rings is 1. The number of hydrogen-bond acceptors (Lipinski definition) is 2. The third-order valence-corrected chi connectivity index (χ3v) is 3.21. The Kier molecular flexibility index (Phi) is 3.26. The van der Waals surface area contributed by atoms with Crippen LogP contribution >= 0.6 is 0 Å². The van der Waals surface area contributed by atoms with Gasteiger partial charge in [0.25, 0.3) is 0 Å². The van der Waals surface area contributed by atoms with Crippen LogP contribution in [0, 0.1) is 22.7 Å². The summed E-state index contributed by atoms with van der Waals surface area (Å²) in [4.78, 5) is 0. The van der Waals surface area contributed by atoms with Gasteiger partial charge < -0.3 is 4.74 Å². The number of rotatable bonds is 4. The molecule has 2 nitrogen and oxygen atoms in total. The smallest absolute Gasteiger partial charge is 0.0812 e. The van der Waals surface area contributed by atoms with E-state index in [-0.39, 0.29) is 5.41 Å². The second-order valence-corrected chi connectivity index (χ2v) is 4.88. The van der Waals surface area contributed by atoms with Gasteiger partial charge in [-0.05, 0) is 24.3 Å². The van der Waals surface area contributed by atoms with Crippen molar-refractivity contribution in [1.29, 1.82) is 5.26 Å². The van der Waals surface area contributed by atoms with E-state index in [1.165, 1.54) is 5.56 Å². The van der Waals surface area contributed by atoms with Crippen molar-refractivity contribution in [2.75, 3.05) is 6.61 Å². The summed E-state index contributed by atoms with van der Waals surface area (Å²) in [5.41, 5.74) is 0.969. The highest BCUT2D eigenvalue weighted by atomic mass is 16.5. The molecule has 0 bridgehead atoms. The highest BCUT2D eigenvalue weighted by Gasteiger charge is 2.42. The van der Waals surface area contributed by atoms with Crippen molar-refractivity contribution in [2.24, 2.45) is 11.3 Å². The molecular weight excluding hydrogens is 198 g/mol. The Bertz CT molecular complexity index is 373. The summed E-state index contributed by atoms with van der Waals surface area (Å²) in [6.07, 6.45) is 1.97. The molecule has 1 aliphatic rings. The fourth-order valence-electron chi connectivity index (χ4n) is 2.45. The van der Waals surface area contributed by atoms with Crippen molar-refractivity contribution in [1.82, 2.24) is 0 Å². The van der Waals surface area contributed by atoms with Gasteiger partial charge in [0.1, 0.15) is 0 Å². The molecule has 0 aliphatic heterocycles. The first-order valence-electron chi connectivity index (χ1n) is 5.77. The lowest BCUT2D eigenvalue weighted by Crippen LogP contribution is -2.38. The lowest BCUT2D eigenvalue weighted by Gasteiger charge is -2.40. The third-order valence-electron chi connectivity index (χ3n) is 3.21. The first-order valence-corrected chi connectivity index (χ1v) is 5.77. The summed E-state index contributed by atoms with van der Waals surface area (Å²) in [6.45, 7) is 3.37. The lowest BCUT2D eigenvalue weighted by atomic mass is 9.64. The van der Waals surface area contributed by atoms with Gasteiger partial charge in [-0.1, -0.05) is 37.3 Å². The Morgan fingerprint density at radius 3 is 2.62 bits per heavy atom. The van der Waals surface area contributed by atoms with Gasteiger partial charge in [0, 0.05) is 0 Å². The van der Waals surface area contributed by atoms with Crippen LogP contribution in [-0.2, 0) is 11.3 Å². The van der Waals surface area contributed by atoms with Gasteiger partial charge >= 0.3 is 0 Å². The van der Waals surface area contributed by atoms with E-state index in [0.717, 1.165) is 12.8 Å². The minimum Gasteiger partial charge on any atom is -0.375 e. The van der Waals surface area contributed by atoms with Crippen LogP contribution in [0.5, 0.6) is 0 Å². The van der Waals surface area contributed by atoms with Gasteiger partial charge in [0.05, 0.1) is 24.7 Å². The van der Waals surface area contributed by atoms with E-state index in [4.69, 9.17) is 10.00 Å². The zero-order chi connectivity index (χ0) is 11.4. The van der Waals surface area contributed by atoms with Gasteiger partial charge in [-0.3, -0.25) is 0 Å². The van der Waals surface area contributed by atoms with E-state index in [1.807, 2.05) is 30.3 Å². The van der Waals surface area contributed by atoms with Crippen LogP contribution in [0.15, 0.2) is 30.3 Å². The average molecular weight is 215 g/mol. The summed E-state index contributed by atoms with van der Waals surface area (Å²) in [5.74, 6) is 0.681. The molecule has 0 N–H and O–H groups in total. The van der Waals surface area contributed by atoms with Crippen LogP contribution in [-0.4, -0.2) is 6.61 Å². The molecule has 0 atom stereocenters. The molecule has 2 heteroatoms. The monoisotopic (exact) mass is 215 g/mol. The molecule has 1 aromatic rings. The van der Waals surface area contributed by atoms with E-state index < -0.39 is 0 Å². The highest BCUT2D eigenvalue weighted by molar-refractivity contribution is 5.13. The minimum atomic E-state index is -0.200. The Balaban J connectivity index is 1.78. The van der Waals surface area contributed by atoms with Gasteiger partial charge in [0.2, 0.25) is 0 Å². The topological polar surface area (TPSA) is 33.0 Å². The van der Waals surface area contributed by atoms with Crippen LogP contribution in [0.4, 0.5) is 0 Å². The second-order valence-electron chi connectivity index (χ2n) is 4.88. The quantitative estimate of drug-likeness (QED) is 0.773. The second kappa shape index (κ2) is 4.67. The summed E-state index contributed by atoms with van der Waals surface area (Å²) >= 11 is 0. The van der Waals surface area contributed by atoms with E-state index in [2.05, 4.69) is 13.0 Å². The Labute approximate surface area is 96.9 Å². The van der Waals surface area contributed by atoms with Crippen LogP contribution in [0.2, 0.25) is 0 Å². The fraction of sp³-hybridized carbons (Fsp3) is 0.500. The van der Waals surface area contributed by atoms with Crippen molar-refractivity contribution in [2.45, 2.75) is 26.4 Å². The molecule has 1 fully saturated rings. The van der Waals surface area contributed by atoms with E-state index in [1.54, 1.807) is 0 Å². The summed E-state index contributed by atoms with van der Waals surface area (Å²) < 4.78 is 5.64. The molecule has 0 radical (unpaired) electrons. The molecule has 84 valence electrons. The maximum Gasteiger partial charge on any atom is 0.0812 e. The summed E-state index contributed by atoms with van der Waals surface area (Å²) in [5, 5.41) is 9.12. The summed E-state index contributed by atoms with van der Waals surface area (Å²) in [6, 6.07) is 12.5. The third kappa shape index (κ3) is 2.43. The first kappa shape index (κ1) is 11.2. The van der Waals surface area contributed by atoms with Crippen molar-refractivity contribution in [3.63, 3.8) is 0 Å². The van der Waals surface area contributed by atoms with Crippen molar-refractivity contribution in [3.05, 3.63) is 35.9 Å². The Morgan fingerprint density at radius 1 is 1.38 bits per heavy atom. The minimum absolute atomic E-state index is 0.200. The Hall–Kier alpha value is -1.33. The van der Waals surface area contributed by atoms with Crippen LogP contribution in [0.3, 0.4) is 0 Å². The number of ether oxygens (including phenoxy) is 1. The summed E-state index contributed by atoms with van der Waals surface area (Å²) in [7, 11) is 0. The van der Waals surface area contributed by atoms with Crippen molar-refractivity contribution >= 4 is 0 Å². The van der Waals surface area contributed by atoms with Crippen LogP contribution < -0.4 is 0 Å². The molecule has 0 unspecified atom stereocenters. The zero-order valence-electron chi connectivity index (χ0n) is 9.65. The zero-order valence-corrected chi connectivity index (χ0v) is 9.65. The molecule has 0 saturated heterocycles. The maximum absolute atomic E-state index is 9.12. The van der Waals surface area contributed by atoms with Crippen LogP contribution in [0.25, 0.3) is 0 Å². The van der Waals surface area contributed by atoms with Gasteiger partial charge in [-0.25, -0.2) is 0 Å². The molecule has 0 spiro atoms. The number of hydrogen-bond donors (Lipinski definition) is 0. The maximum atomic E-state index is 9.12. The predicted octanol–water partition coefficient (Wildman–Crippen LogP) is 3.14. The van der Waals surface area contributed by atoms with E-state index >= 15 is 0 Å². The first-order chi connectivity index (χ1) is 7.74. The van der Waals surface area contributed by atoms with E-state index in [0.29, 0.717) is 19.1 Å². The molecule has 1 saturated carbocycles. The van der Waals surface area contributed by atoms with Gasteiger partial charge in [-0.15, -0.1) is 0 Å². The molecule has 1 aromatic carbocycles. The van der Waals surface area contributed by atoms with Crippen molar-refractivity contribution in [3.8, 4) is 6.07 Å². The van der Waals surface area contributed by atoms with Gasteiger partial charge in [0.15, 0.2) is 0 Å². The SMILES string of the molecule is CC1CC(C#N)(COCc2ccccc2)C1. The van der Waals surface area contributed by atoms with Gasteiger partial charge in [-0.2, -0.15) is 5.26 Å². The molecule has 0 aromatic heterocycles. The molecule has 0 amide bonds. The fourth-order valence-corrected chi connectivity index (χ4v) is 2.45. The van der Waals surface area contributed by atoms with E-state index in [9.17, 15) is 0 Å². The van der Waals surface area contributed by atoms with Crippen molar-refractivity contribution < 1.29 is 4.74 Å². The normalized spacial score (nSPS) is 28.1. The number of nitrogens with zero attached hydrogens (tertiary/aromatic N) is 1. The Morgan fingerprint density at radius 2 is 2.06 bits per heavy atom. The molecule has 16 heavy (non-hydrogen) atoms. The number of nitriles is 1. The average Bonchev–Trinajstić information content (AvgIpc) is 2.27. The predicted molar refractivity (Wildman–Crippen MR) is 62.5 cm³/mol. The molecule has 0 heterocycles.